The molecule has 1 N–H and O–H groups in total. The molecule has 0 spiro atoms. The molecule has 0 aliphatic heterocycles. The normalized spacial score (nSPS) is 11.2. The van der Waals surface area contributed by atoms with E-state index in [9.17, 15) is 4.79 Å². The van der Waals surface area contributed by atoms with Crippen LogP contribution in [0.2, 0.25) is 0 Å². The number of hydrogen-bond acceptors (Lipinski definition) is 3. The third-order valence-electron chi connectivity index (χ3n) is 3.21. The van der Waals surface area contributed by atoms with Gasteiger partial charge in [-0.2, -0.15) is 5.10 Å². The van der Waals surface area contributed by atoms with Gasteiger partial charge in [-0.15, -0.1) is 0 Å². The Morgan fingerprint density at radius 1 is 1.14 bits per heavy atom. The zero-order chi connectivity index (χ0) is 16.1. The van der Waals surface area contributed by atoms with Gasteiger partial charge in [0.05, 0.1) is 17.3 Å². The SMILES string of the molecule is COc1ccc(/C(C)=N\NC(=O)c2ccc(C)cc2)cc1Br. The van der Waals surface area contributed by atoms with E-state index in [1.165, 1.54) is 0 Å². The molecule has 0 radical (unpaired) electrons. The van der Waals surface area contributed by atoms with Gasteiger partial charge >= 0.3 is 0 Å². The fraction of sp³-hybridized carbons (Fsp3) is 0.176. The van der Waals surface area contributed by atoms with E-state index in [1.807, 2.05) is 44.2 Å². The second-order valence-corrected chi connectivity index (χ2v) is 5.71. The van der Waals surface area contributed by atoms with E-state index in [-0.39, 0.29) is 5.91 Å². The Kier molecular flexibility index (Phi) is 5.33. The molecule has 0 aliphatic carbocycles. The van der Waals surface area contributed by atoms with E-state index in [0.29, 0.717) is 11.3 Å². The smallest absolute Gasteiger partial charge is 0.271 e. The van der Waals surface area contributed by atoms with Crippen LogP contribution in [-0.2, 0) is 0 Å². The summed E-state index contributed by atoms with van der Waals surface area (Å²) < 4.78 is 6.03. The van der Waals surface area contributed by atoms with Gasteiger partial charge in [-0.3, -0.25) is 4.79 Å². The number of aryl methyl sites for hydroxylation is 1. The van der Waals surface area contributed by atoms with Crippen molar-refractivity contribution in [1.82, 2.24) is 5.43 Å². The Morgan fingerprint density at radius 3 is 2.36 bits per heavy atom. The number of halogens is 1. The average molecular weight is 361 g/mol. The molecule has 2 rings (SSSR count). The number of carbonyl (C=O) groups excluding carboxylic acids is 1. The Labute approximate surface area is 138 Å². The van der Waals surface area contributed by atoms with E-state index in [2.05, 4.69) is 26.5 Å². The maximum Gasteiger partial charge on any atom is 0.271 e. The predicted octanol–water partition coefficient (Wildman–Crippen LogP) is 3.92. The van der Waals surface area contributed by atoms with Crippen LogP contribution in [0.5, 0.6) is 5.75 Å². The molecule has 2 aromatic rings. The van der Waals surface area contributed by atoms with E-state index >= 15 is 0 Å². The first-order valence-electron chi connectivity index (χ1n) is 6.76. The average Bonchev–Trinajstić information content (AvgIpc) is 2.52. The standard InChI is InChI=1S/C17H17BrN2O2/c1-11-4-6-13(7-5-11)17(21)20-19-12(2)14-8-9-16(22-3)15(18)10-14/h4-10H,1-3H3,(H,20,21)/b19-12-. The number of amides is 1. The fourth-order valence-electron chi connectivity index (χ4n) is 1.86. The molecule has 4 nitrogen and oxygen atoms in total. The van der Waals surface area contributed by atoms with Crippen LogP contribution in [0.4, 0.5) is 0 Å². The van der Waals surface area contributed by atoms with Crippen molar-refractivity contribution in [2.75, 3.05) is 7.11 Å². The number of ether oxygens (including phenoxy) is 1. The van der Waals surface area contributed by atoms with Gasteiger partial charge in [-0.05, 0) is 65.7 Å². The molecule has 0 heterocycles. The third-order valence-corrected chi connectivity index (χ3v) is 3.83. The maximum absolute atomic E-state index is 12.0. The summed E-state index contributed by atoms with van der Waals surface area (Å²) in [4.78, 5) is 12.0. The molecular formula is C17H17BrN2O2. The lowest BCUT2D eigenvalue weighted by Gasteiger charge is -2.07. The monoisotopic (exact) mass is 360 g/mol. The van der Waals surface area contributed by atoms with Gasteiger partial charge in [0.15, 0.2) is 0 Å². The Bertz CT molecular complexity index is 709. The number of hydrazone groups is 1. The molecular weight excluding hydrogens is 344 g/mol. The molecule has 0 fully saturated rings. The highest BCUT2D eigenvalue weighted by Crippen LogP contribution is 2.25. The van der Waals surface area contributed by atoms with Crippen molar-refractivity contribution in [3.05, 3.63) is 63.6 Å². The van der Waals surface area contributed by atoms with Gasteiger partial charge in [0.1, 0.15) is 5.75 Å². The molecule has 0 unspecified atom stereocenters. The molecule has 0 bridgehead atoms. The van der Waals surface area contributed by atoms with Crippen molar-refractivity contribution in [1.29, 1.82) is 0 Å². The summed E-state index contributed by atoms with van der Waals surface area (Å²) in [7, 11) is 1.61. The van der Waals surface area contributed by atoms with Crippen LogP contribution in [0, 0.1) is 6.92 Å². The van der Waals surface area contributed by atoms with Crippen LogP contribution in [0.15, 0.2) is 52.0 Å². The molecule has 0 atom stereocenters. The summed E-state index contributed by atoms with van der Waals surface area (Å²) in [6.07, 6.45) is 0. The van der Waals surface area contributed by atoms with Crippen LogP contribution in [0.25, 0.3) is 0 Å². The lowest BCUT2D eigenvalue weighted by Crippen LogP contribution is -2.19. The van der Waals surface area contributed by atoms with Gasteiger partial charge in [0.2, 0.25) is 0 Å². The van der Waals surface area contributed by atoms with Gasteiger partial charge in [0, 0.05) is 5.56 Å². The first kappa shape index (κ1) is 16.2. The number of hydrogen-bond donors (Lipinski definition) is 1. The van der Waals surface area contributed by atoms with Crippen molar-refractivity contribution in [2.45, 2.75) is 13.8 Å². The Morgan fingerprint density at radius 2 is 1.77 bits per heavy atom. The molecule has 5 heteroatoms. The van der Waals surface area contributed by atoms with Crippen LogP contribution >= 0.6 is 15.9 Å². The summed E-state index contributed by atoms with van der Waals surface area (Å²) in [5.74, 6) is 0.521. The largest absolute Gasteiger partial charge is 0.496 e. The van der Waals surface area contributed by atoms with Crippen LogP contribution < -0.4 is 10.2 Å². The molecule has 22 heavy (non-hydrogen) atoms. The number of methoxy groups -OCH3 is 1. The Hall–Kier alpha value is -2.14. The van der Waals surface area contributed by atoms with Crippen molar-refractivity contribution < 1.29 is 9.53 Å². The van der Waals surface area contributed by atoms with Gasteiger partial charge in [-0.25, -0.2) is 5.43 Å². The van der Waals surface area contributed by atoms with Gasteiger partial charge in [0.25, 0.3) is 5.91 Å². The zero-order valence-electron chi connectivity index (χ0n) is 12.7. The quantitative estimate of drug-likeness (QED) is 0.663. The summed E-state index contributed by atoms with van der Waals surface area (Å²) in [6, 6.07) is 13.0. The first-order chi connectivity index (χ1) is 10.5. The lowest BCUT2D eigenvalue weighted by atomic mass is 10.1. The second-order valence-electron chi connectivity index (χ2n) is 4.85. The summed E-state index contributed by atoms with van der Waals surface area (Å²) in [5.41, 5.74) is 5.87. The van der Waals surface area contributed by atoms with Crippen LogP contribution in [0.3, 0.4) is 0 Å². The van der Waals surface area contributed by atoms with Crippen LogP contribution in [-0.4, -0.2) is 18.7 Å². The highest BCUT2D eigenvalue weighted by atomic mass is 79.9. The number of nitrogens with zero attached hydrogens (tertiary/aromatic N) is 1. The number of rotatable bonds is 4. The number of benzene rings is 2. The molecule has 2 aromatic carbocycles. The topological polar surface area (TPSA) is 50.7 Å². The minimum absolute atomic E-state index is 0.230. The molecule has 0 saturated heterocycles. The van der Waals surface area contributed by atoms with E-state index < -0.39 is 0 Å². The third kappa shape index (κ3) is 3.95. The number of carbonyl (C=O) groups is 1. The van der Waals surface area contributed by atoms with Gasteiger partial charge < -0.3 is 4.74 Å². The zero-order valence-corrected chi connectivity index (χ0v) is 14.3. The minimum Gasteiger partial charge on any atom is -0.496 e. The number of nitrogens with one attached hydrogen (secondary N) is 1. The molecule has 0 saturated carbocycles. The van der Waals surface area contributed by atoms with Crippen molar-refractivity contribution in [2.24, 2.45) is 5.10 Å². The summed E-state index contributed by atoms with van der Waals surface area (Å²) in [6.45, 7) is 3.81. The molecule has 1 amide bonds. The van der Waals surface area contributed by atoms with E-state index in [0.717, 1.165) is 21.3 Å². The Balaban J connectivity index is 2.10. The maximum atomic E-state index is 12.0. The highest BCUT2D eigenvalue weighted by Gasteiger charge is 2.06. The van der Waals surface area contributed by atoms with Crippen molar-refractivity contribution >= 4 is 27.5 Å². The molecule has 114 valence electrons. The molecule has 0 aliphatic rings. The van der Waals surface area contributed by atoms with E-state index in [1.54, 1.807) is 19.2 Å². The lowest BCUT2D eigenvalue weighted by molar-refractivity contribution is 0.0955. The van der Waals surface area contributed by atoms with Crippen molar-refractivity contribution in [3.8, 4) is 5.75 Å². The van der Waals surface area contributed by atoms with Crippen molar-refractivity contribution in [3.63, 3.8) is 0 Å². The predicted molar refractivity (Wildman–Crippen MR) is 91.6 cm³/mol. The summed E-state index contributed by atoms with van der Waals surface area (Å²) >= 11 is 3.43. The van der Waals surface area contributed by atoms with E-state index in [4.69, 9.17) is 4.74 Å². The van der Waals surface area contributed by atoms with Gasteiger partial charge in [-0.1, -0.05) is 17.7 Å². The van der Waals surface area contributed by atoms with Crippen LogP contribution in [0.1, 0.15) is 28.4 Å². The second kappa shape index (κ2) is 7.22. The summed E-state index contributed by atoms with van der Waals surface area (Å²) in [5, 5.41) is 4.15. The minimum atomic E-state index is -0.230. The molecule has 0 aromatic heterocycles. The highest BCUT2D eigenvalue weighted by molar-refractivity contribution is 9.10. The first-order valence-corrected chi connectivity index (χ1v) is 7.56. The fourth-order valence-corrected chi connectivity index (χ4v) is 2.40.